The largest absolute Gasteiger partial charge is 0.351 e. The number of hydrogen-bond acceptors (Lipinski definition) is 5. The Morgan fingerprint density at radius 3 is 2.61 bits per heavy atom. The second-order valence-corrected chi connectivity index (χ2v) is 10.9. The lowest BCUT2D eigenvalue weighted by atomic mass is 9.48. The number of aromatic nitrogens is 4. The number of fused-ring (bicyclic) bond motifs is 1. The van der Waals surface area contributed by atoms with Crippen LogP contribution in [0.5, 0.6) is 0 Å². The van der Waals surface area contributed by atoms with Gasteiger partial charge in [0.15, 0.2) is 0 Å². The van der Waals surface area contributed by atoms with Crippen LogP contribution in [0.4, 0.5) is 0 Å². The van der Waals surface area contributed by atoms with Gasteiger partial charge >= 0.3 is 0 Å². The molecule has 4 fully saturated rings. The highest BCUT2D eigenvalue weighted by Crippen LogP contribution is 2.61. The molecule has 0 aliphatic heterocycles. The van der Waals surface area contributed by atoms with Crippen molar-refractivity contribution in [2.45, 2.75) is 58.0 Å². The van der Waals surface area contributed by atoms with Gasteiger partial charge in [0.05, 0.1) is 4.88 Å². The van der Waals surface area contributed by atoms with Crippen molar-refractivity contribution in [3.8, 4) is 10.6 Å². The molecule has 4 saturated carbocycles. The summed E-state index contributed by atoms with van der Waals surface area (Å²) in [7, 11) is 0. The number of carbonyl (C=O) groups excluding carboxylic acids is 1. The second kappa shape index (κ2) is 7.02. The van der Waals surface area contributed by atoms with Crippen molar-refractivity contribution < 1.29 is 4.79 Å². The number of thiophene rings is 1. The molecule has 0 saturated heterocycles. The molecule has 1 amide bonds. The molecule has 1 N–H and O–H groups in total. The van der Waals surface area contributed by atoms with Gasteiger partial charge in [0.2, 0.25) is 5.91 Å². The smallest absolute Gasteiger partial charge is 0.293 e. The average Bonchev–Trinajstić information content (AvgIpc) is 3.39. The molecule has 1 atom stereocenters. The number of amides is 1. The third-order valence-electron chi connectivity index (χ3n) is 7.94. The van der Waals surface area contributed by atoms with Gasteiger partial charge in [-0.2, -0.15) is 10.2 Å². The summed E-state index contributed by atoms with van der Waals surface area (Å²) in [5.41, 5.74) is 1.12. The van der Waals surface area contributed by atoms with Crippen molar-refractivity contribution in [2.24, 2.45) is 23.2 Å². The molecule has 0 unspecified atom stereocenters. The van der Waals surface area contributed by atoms with Gasteiger partial charge in [-0.25, -0.2) is 9.20 Å². The van der Waals surface area contributed by atoms with E-state index in [-0.39, 0.29) is 29.5 Å². The van der Waals surface area contributed by atoms with Crippen molar-refractivity contribution in [1.29, 1.82) is 0 Å². The summed E-state index contributed by atoms with van der Waals surface area (Å²) >= 11 is 1.57. The Bertz CT molecular complexity index is 1160. The summed E-state index contributed by atoms with van der Waals surface area (Å²) in [5, 5.41) is 13.8. The van der Waals surface area contributed by atoms with E-state index in [0.29, 0.717) is 5.52 Å². The fourth-order valence-electron chi connectivity index (χ4n) is 6.88. The Balaban J connectivity index is 1.19. The van der Waals surface area contributed by atoms with Crippen LogP contribution < -0.4 is 10.9 Å². The van der Waals surface area contributed by atoms with Crippen LogP contribution in [0.25, 0.3) is 16.1 Å². The zero-order chi connectivity index (χ0) is 21.2. The normalized spacial score (nSPS) is 30.0. The fraction of sp³-hybridized carbons (Fsp3) is 0.565. The topological polar surface area (TPSA) is 81.3 Å². The number of rotatable bonds is 5. The van der Waals surface area contributed by atoms with E-state index in [1.807, 2.05) is 17.5 Å². The Kier molecular flexibility index (Phi) is 4.35. The van der Waals surface area contributed by atoms with Crippen molar-refractivity contribution in [3.63, 3.8) is 0 Å². The number of nitrogens with zero attached hydrogens (tertiary/aromatic N) is 4. The lowest BCUT2D eigenvalue weighted by Crippen LogP contribution is -2.56. The molecule has 162 valence electrons. The van der Waals surface area contributed by atoms with E-state index >= 15 is 0 Å². The predicted molar refractivity (Wildman–Crippen MR) is 119 cm³/mol. The Labute approximate surface area is 184 Å². The molecule has 3 aromatic rings. The van der Waals surface area contributed by atoms with Crippen LogP contribution in [0.1, 0.15) is 45.4 Å². The first kappa shape index (κ1) is 19.2. The van der Waals surface area contributed by atoms with E-state index < -0.39 is 0 Å². The summed E-state index contributed by atoms with van der Waals surface area (Å²) in [6, 6.07) is 5.82. The molecular weight excluding hydrogens is 410 g/mol. The van der Waals surface area contributed by atoms with Crippen LogP contribution in [0.3, 0.4) is 0 Å². The molecule has 7 rings (SSSR count). The second-order valence-electron chi connectivity index (χ2n) is 10.00. The van der Waals surface area contributed by atoms with Gasteiger partial charge in [0.25, 0.3) is 5.56 Å². The van der Waals surface area contributed by atoms with E-state index in [0.717, 1.165) is 28.3 Å². The molecule has 0 spiro atoms. The molecule has 4 aliphatic carbocycles. The number of carbonyl (C=O) groups is 1. The van der Waals surface area contributed by atoms with Gasteiger partial charge in [-0.1, -0.05) is 6.07 Å². The van der Waals surface area contributed by atoms with E-state index in [1.165, 1.54) is 54.0 Å². The summed E-state index contributed by atoms with van der Waals surface area (Å²) in [6.07, 6.45) is 9.39. The molecule has 8 heteroatoms. The van der Waals surface area contributed by atoms with Crippen molar-refractivity contribution >= 4 is 22.8 Å². The van der Waals surface area contributed by atoms with Crippen LogP contribution in [0, 0.1) is 23.2 Å². The summed E-state index contributed by atoms with van der Waals surface area (Å²) in [5.74, 6) is 2.39. The third kappa shape index (κ3) is 3.23. The molecule has 3 heterocycles. The number of hydrogen-bond donors (Lipinski definition) is 1. The molecule has 3 aromatic heterocycles. The van der Waals surface area contributed by atoms with E-state index in [4.69, 9.17) is 0 Å². The standard InChI is InChI=1S/C23H27N5O2S/c1-14(23-9-15-5-16(10-23)7-17(6-15)11-23)25-21(29)12-27-22(30)19-8-18(20-3-2-4-31-20)26-28(19)13-24-27/h2-4,8,13-17H,5-7,9-12H2,1H3,(H,25,29)/t14-,15?,16?,17?,23?/m1/s1. The zero-order valence-electron chi connectivity index (χ0n) is 17.7. The third-order valence-corrected chi connectivity index (χ3v) is 8.83. The molecule has 7 nitrogen and oxygen atoms in total. The minimum Gasteiger partial charge on any atom is -0.351 e. The fourth-order valence-corrected chi connectivity index (χ4v) is 7.56. The summed E-state index contributed by atoms with van der Waals surface area (Å²) in [4.78, 5) is 26.8. The minimum absolute atomic E-state index is 0.0639. The van der Waals surface area contributed by atoms with Gasteiger partial charge in [-0.3, -0.25) is 9.59 Å². The lowest BCUT2D eigenvalue weighted by molar-refractivity contribution is -0.126. The summed E-state index contributed by atoms with van der Waals surface area (Å²) < 4.78 is 2.74. The number of nitrogens with one attached hydrogen (secondary N) is 1. The first-order chi connectivity index (χ1) is 15.0. The van der Waals surface area contributed by atoms with Crippen LogP contribution in [-0.2, 0) is 11.3 Å². The maximum Gasteiger partial charge on any atom is 0.293 e. The Morgan fingerprint density at radius 1 is 1.26 bits per heavy atom. The SMILES string of the molecule is C[C@@H](NC(=O)Cn1ncn2nc(-c3cccs3)cc2c1=O)C12CC3CC(CC(C3)C1)C2. The monoisotopic (exact) mass is 437 g/mol. The Hall–Kier alpha value is -2.48. The first-order valence-electron chi connectivity index (χ1n) is 11.3. The van der Waals surface area contributed by atoms with Gasteiger partial charge in [-0.05, 0) is 86.1 Å². The van der Waals surface area contributed by atoms with Crippen molar-refractivity contribution in [3.05, 3.63) is 40.3 Å². The molecule has 0 radical (unpaired) electrons. The maximum atomic E-state index is 12.9. The average molecular weight is 438 g/mol. The van der Waals surface area contributed by atoms with Crippen LogP contribution in [-0.4, -0.2) is 31.3 Å². The van der Waals surface area contributed by atoms with E-state index in [9.17, 15) is 9.59 Å². The Morgan fingerprint density at radius 2 is 1.97 bits per heavy atom. The van der Waals surface area contributed by atoms with Gasteiger partial charge in [-0.15, -0.1) is 11.3 Å². The maximum absolute atomic E-state index is 12.9. The van der Waals surface area contributed by atoms with Gasteiger partial charge < -0.3 is 5.32 Å². The van der Waals surface area contributed by atoms with Crippen LogP contribution in [0.15, 0.2) is 34.7 Å². The lowest BCUT2D eigenvalue weighted by Gasteiger charge is -2.59. The molecule has 4 bridgehead atoms. The highest BCUT2D eigenvalue weighted by Gasteiger charge is 2.53. The minimum atomic E-state index is -0.296. The highest BCUT2D eigenvalue weighted by atomic mass is 32.1. The van der Waals surface area contributed by atoms with Gasteiger partial charge in [0, 0.05) is 6.04 Å². The quantitative estimate of drug-likeness (QED) is 0.664. The predicted octanol–water partition coefficient (Wildman–Crippen LogP) is 3.34. The van der Waals surface area contributed by atoms with Crippen molar-refractivity contribution in [1.82, 2.24) is 24.7 Å². The van der Waals surface area contributed by atoms with Crippen molar-refractivity contribution in [2.75, 3.05) is 0 Å². The molecule has 31 heavy (non-hydrogen) atoms. The molecular formula is C23H27N5O2S. The van der Waals surface area contributed by atoms with Gasteiger partial charge in [0.1, 0.15) is 24.1 Å². The van der Waals surface area contributed by atoms with Crippen LogP contribution in [0.2, 0.25) is 0 Å². The summed E-state index contributed by atoms with van der Waals surface area (Å²) in [6.45, 7) is 2.10. The highest BCUT2D eigenvalue weighted by molar-refractivity contribution is 7.13. The zero-order valence-corrected chi connectivity index (χ0v) is 18.5. The van der Waals surface area contributed by atoms with Crippen LogP contribution >= 0.6 is 11.3 Å². The van der Waals surface area contributed by atoms with E-state index in [1.54, 1.807) is 17.4 Å². The van der Waals surface area contributed by atoms with E-state index in [2.05, 4.69) is 22.4 Å². The molecule has 0 aromatic carbocycles. The molecule has 4 aliphatic rings. The first-order valence-corrected chi connectivity index (χ1v) is 12.2.